The zero-order chi connectivity index (χ0) is 19.0. The molecule has 138 valence electrons. The lowest BCUT2D eigenvalue weighted by Gasteiger charge is -2.20. The van der Waals surface area contributed by atoms with Crippen LogP contribution in [0.4, 0.5) is 5.69 Å². The fourth-order valence-electron chi connectivity index (χ4n) is 3.26. The Morgan fingerprint density at radius 3 is 2.07 bits per heavy atom. The van der Waals surface area contributed by atoms with Gasteiger partial charge in [0, 0.05) is 0 Å². The van der Waals surface area contributed by atoms with Gasteiger partial charge in [0.2, 0.25) is 0 Å². The van der Waals surface area contributed by atoms with Crippen molar-refractivity contribution in [1.29, 1.82) is 0 Å². The summed E-state index contributed by atoms with van der Waals surface area (Å²) in [6, 6.07) is 12.7. The van der Waals surface area contributed by atoms with Gasteiger partial charge in [-0.1, -0.05) is 17.4 Å². The van der Waals surface area contributed by atoms with E-state index in [1.54, 1.807) is 43.5 Å². The zero-order valence-electron chi connectivity index (χ0n) is 14.9. The first kappa shape index (κ1) is 17.0. The Balaban J connectivity index is 1.55. The highest BCUT2D eigenvalue weighted by atomic mass is 16.5. The van der Waals surface area contributed by atoms with E-state index >= 15 is 0 Å². The van der Waals surface area contributed by atoms with E-state index in [-0.39, 0.29) is 11.8 Å². The first-order valence-electron chi connectivity index (χ1n) is 8.44. The maximum Gasteiger partial charge on any atom is 0.263 e. The van der Waals surface area contributed by atoms with Crippen molar-refractivity contribution in [2.24, 2.45) is 10.3 Å². The van der Waals surface area contributed by atoms with Crippen molar-refractivity contribution in [3.05, 3.63) is 54.1 Å². The Kier molecular flexibility index (Phi) is 4.23. The Bertz CT molecular complexity index is 895. The molecule has 0 unspecified atom stereocenters. The van der Waals surface area contributed by atoms with Gasteiger partial charge in [0.1, 0.15) is 11.5 Å². The minimum absolute atomic E-state index is 0.325. The third kappa shape index (κ3) is 2.88. The van der Waals surface area contributed by atoms with Crippen molar-refractivity contribution in [3.8, 4) is 11.5 Å². The van der Waals surface area contributed by atoms with Gasteiger partial charge in [-0.05, 0) is 42.0 Å². The molecule has 2 aromatic carbocycles. The van der Waals surface area contributed by atoms with Crippen LogP contribution in [-0.2, 0) is 16.1 Å². The smallest absolute Gasteiger partial charge is 0.263 e. The number of amides is 2. The number of anilines is 1. The Hall–Kier alpha value is -3.42. The van der Waals surface area contributed by atoms with Crippen LogP contribution in [0, 0.1) is 0 Å². The minimum atomic E-state index is -0.808. The molecule has 0 aliphatic carbocycles. The highest BCUT2D eigenvalue weighted by molar-refractivity contribution is 6.25. The van der Waals surface area contributed by atoms with Crippen LogP contribution < -0.4 is 14.4 Å². The summed E-state index contributed by atoms with van der Waals surface area (Å²) in [6.07, 6.45) is 0. The van der Waals surface area contributed by atoms with Crippen LogP contribution in [0.3, 0.4) is 0 Å². The minimum Gasteiger partial charge on any atom is -0.497 e. The van der Waals surface area contributed by atoms with Gasteiger partial charge in [0.25, 0.3) is 11.8 Å². The Labute approximate surface area is 156 Å². The molecule has 1 saturated heterocycles. The summed E-state index contributed by atoms with van der Waals surface area (Å²) >= 11 is 0. The number of imide groups is 1. The maximum absolute atomic E-state index is 12.9. The van der Waals surface area contributed by atoms with Gasteiger partial charge < -0.3 is 9.47 Å². The van der Waals surface area contributed by atoms with E-state index < -0.39 is 12.1 Å². The Morgan fingerprint density at radius 2 is 1.48 bits per heavy atom. The lowest BCUT2D eigenvalue weighted by atomic mass is 10.1. The monoisotopic (exact) mass is 366 g/mol. The average Bonchev–Trinajstić information content (AvgIpc) is 3.22. The third-order valence-electron chi connectivity index (χ3n) is 4.69. The molecule has 2 amide bonds. The summed E-state index contributed by atoms with van der Waals surface area (Å²) in [5, 5.41) is 9.66. The molecule has 0 N–H and O–H groups in total. The SMILES string of the molecule is COc1ccc(CN2N=N[C@@H]3C(=O)N(c4ccc(OC)cc4)C(=O)[C@H]32)cc1. The molecule has 27 heavy (non-hydrogen) atoms. The predicted molar refractivity (Wildman–Crippen MR) is 96.5 cm³/mol. The number of fused-ring (bicyclic) bond motifs is 1. The third-order valence-corrected chi connectivity index (χ3v) is 4.69. The molecule has 8 nitrogen and oxygen atoms in total. The van der Waals surface area contributed by atoms with Crippen molar-refractivity contribution in [1.82, 2.24) is 5.01 Å². The van der Waals surface area contributed by atoms with E-state index in [1.807, 2.05) is 24.3 Å². The summed E-state index contributed by atoms with van der Waals surface area (Å²) in [4.78, 5) is 26.8. The molecule has 1 fully saturated rings. The summed E-state index contributed by atoms with van der Waals surface area (Å²) < 4.78 is 10.3. The van der Waals surface area contributed by atoms with Gasteiger partial charge in [-0.25, -0.2) is 4.90 Å². The number of hydrogen-bond donors (Lipinski definition) is 0. The second kappa shape index (κ2) is 6.71. The van der Waals surface area contributed by atoms with Crippen LogP contribution in [-0.4, -0.2) is 43.1 Å². The standard InChI is InChI=1S/C19H18N4O4/c1-26-14-7-3-12(4-8-14)11-22-17-16(20-21-22)18(24)23(19(17)25)13-5-9-15(27-2)10-6-13/h3-10,16-17H,11H2,1-2H3/t16-,17-/m0/s1. The van der Waals surface area contributed by atoms with Crippen molar-refractivity contribution < 1.29 is 19.1 Å². The largest absolute Gasteiger partial charge is 0.497 e. The molecular formula is C19H18N4O4. The molecule has 0 saturated carbocycles. The van der Waals surface area contributed by atoms with Crippen molar-refractivity contribution in [3.63, 3.8) is 0 Å². The number of ether oxygens (including phenoxy) is 2. The quantitative estimate of drug-likeness (QED) is 0.758. The number of carbonyl (C=O) groups excluding carboxylic acids is 2. The normalized spacial score (nSPS) is 21.0. The molecule has 8 heteroatoms. The number of hydrogen-bond acceptors (Lipinski definition) is 7. The van der Waals surface area contributed by atoms with E-state index in [1.165, 1.54) is 4.90 Å². The second-order valence-corrected chi connectivity index (χ2v) is 6.25. The van der Waals surface area contributed by atoms with Crippen molar-refractivity contribution in [2.75, 3.05) is 19.1 Å². The molecule has 2 atom stereocenters. The molecule has 2 aliphatic heterocycles. The summed E-state index contributed by atoms with van der Waals surface area (Å²) in [7, 11) is 3.16. The highest BCUT2D eigenvalue weighted by Gasteiger charge is 2.54. The van der Waals surface area contributed by atoms with Crippen LogP contribution in [0.5, 0.6) is 11.5 Å². The fraction of sp³-hybridized carbons (Fsp3) is 0.263. The van der Waals surface area contributed by atoms with Gasteiger partial charge in [-0.2, -0.15) is 5.11 Å². The zero-order valence-corrected chi connectivity index (χ0v) is 14.9. The van der Waals surface area contributed by atoms with Crippen LogP contribution in [0.15, 0.2) is 58.9 Å². The van der Waals surface area contributed by atoms with E-state index in [4.69, 9.17) is 9.47 Å². The van der Waals surface area contributed by atoms with E-state index in [9.17, 15) is 9.59 Å². The average molecular weight is 366 g/mol. The highest BCUT2D eigenvalue weighted by Crippen LogP contribution is 2.33. The lowest BCUT2D eigenvalue weighted by molar-refractivity contribution is -0.123. The summed E-state index contributed by atoms with van der Waals surface area (Å²) in [6.45, 7) is 0.379. The first-order valence-corrected chi connectivity index (χ1v) is 8.44. The summed E-state index contributed by atoms with van der Waals surface area (Å²) in [5.74, 6) is 0.709. The lowest BCUT2D eigenvalue weighted by Crippen LogP contribution is -2.39. The molecule has 0 spiro atoms. The van der Waals surface area contributed by atoms with Gasteiger partial charge in [-0.3, -0.25) is 14.6 Å². The second-order valence-electron chi connectivity index (χ2n) is 6.25. The van der Waals surface area contributed by atoms with Gasteiger partial charge in [0.05, 0.1) is 26.5 Å². The number of methoxy groups -OCH3 is 2. The molecule has 0 bridgehead atoms. The molecule has 0 radical (unpaired) electrons. The molecule has 2 aromatic rings. The summed E-state index contributed by atoms with van der Waals surface area (Å²) in [5.41, 5.74) is 1.44. The van der Waals surface area contributed by atoms with Crippen LogP contribution >= 0.6 is 0 Å². The molecule has 2 aliphatic rings. The van der Waals surface area contributed by atoms with Crippen LogP contribution in [0.25, 0.3) is 0 Å². The van der Waals surface area contributed by atoms with E-state index in [0.29, 0.717) is 18.0 Å². The molecule has 0 aromatic heterocycles. The Morgan fingerprint density at radius 1 is 0.889 bits per heavy atom. The predicted octanol–water partition coefficient (Wildman–Crippen LogP) is 2.20. The topological polar surface area (TPSA) is 83.8 Å². The first-order chi connectivity index (χ1) is 13.1. The van der Waals surface area contributed by atoms with E-state index in [2.05, 4.69) is 10.3 Å². The number of benzene rings is 2. The van der Waals surface area contributed by atoms with Crippen molar-refractivity contribution in [2.45, 2.75) is 18.6 Å². The fourth-order valence-corrected chi connectivity index (χ4v) is 3.26. The van der Waals surface area contributed by atoms with Crippen LogP contribution in [0.1, 0.15) is 5.56 Å². The molecular weight excluding hydrogens is 348 g/mol. The maximum atomic E-state index is 12.9. The van der Waals surface area contributed by atoms with Crippen molar-refractivity contribution >= 4 is 17.5 Å². The van der Waals surface area contributed by atoms with Crippen LogP contribution in [0.2, 0.25) is 0 Å². The molecule has 4 rings (SSSR count). The number of nitrogens with zero attached hydrogens (tertiary/aromatic N) is 4. The number of carbonyl (C=O) groups is 2. The number of rotatable bonds is 5. The van der Waals surface area contributed by atoms with Gasteiger partial charge >= 0.3 is 0 Å². The molecule has 2 heterocycles. The van der Waals surface area contributed by atoms with Gasteiger partial charge in [0.15, 0.2) is 12.1 Å². The van der Waals surface area contributed by atoms with Gasteiger partial charge in [-0.15, -0.1) is 0 Å². The van der Waals surface area contributed by atoms with E-state index in [0.717, 1.165) is 11.3 Å².